The van der Waals surface area contributed by atoms with Crippen LogP contribution in [-0.2, 0) is 19.1 Å². The van der Waals surface area contributed by atoms with Gasteiger partial charge in [0.25, 0.3) is 0 Å². The zero-order valence-corrected chi connectivity index (χ0v) is 11.5. The van der Waals surface area contributed by atoms with Crippen molar-refractivity contribution >= 4 is 17.9 Å². The van der Waals surface area contributed by atoms with Gasteiger partial charge in [0, 0.05) is 18.9 Å². The SMILES string of the molecule is C=C(C)C(=O)O.CCCC(=O)OC(C)=O.OCCO. The van der Waals surface area contributed by atoms with Crippen LogP contribution >= 0.6 is 0 Å². The molecule has 0 bridgehead atoms. The van der Waals surface area contributed by atoms with Crippen LogP contribution in [0.3, 0.4) is 0 Å². The monoisotopic (exact) mass is 278 g/mol. The maximum atomic E-state index is 10.4. The number of rotatable bonds is 4. The van der Waals surface area contributed by atoms with Crippen LogP contribution in [0, 0.1) is 0 Å². The summed E-state index contributed by atoms with van der Waals surface area (Å²) in [5.74, 6) is -1.91. The van der Waals surface area contributed by atoms with Crippen molar-refractivity contribution in [1.82, 2.24) is 0 Å². The predicted molar refractivity (Wildman–Crippen MR) is 68.3 cm³/mol. The van der Waals surface area contributed by atoms with Crippen LogP contribution in [-0.4, -0.2) is 46.4 Å². The molecule has 0 atom stereocenters. The standard InChI is InChI=1S/C6H10O3.C4H6O2.C2H6O2/c1-3-4-6(8)9-5(2)7;1-3(2)4(5)6;3-1-2-4/h3-4H2,1-2H3;1H2,2H3,(H,5,6);3-4H,1-2H2. The summed E-state index contributed by atoms with van der Waals surface area (Å²) in [5, 5.41) is 23.1. The maximum Gasteiger partial charge on any atom is 0.330 e. The molecule has 7 heteroatoms. The van der Waals surface area contributed by atoms with E-state index in [-0.39, 0.29) is 18.8 Å². The Hall–Kier alpha value is -1.73. The van der Waals surface area contributed by atoms with Gasteiger partial charge in [-0.25, -0.2) is 4.79 Å². The molecule has 0 saturated heterocycles. The summed E-state index contributed by atoms with van der Waals surface area (Å²) in [5.41, 5.74) is 0.176. The van der Waals surface area contributed by atoms with Gasteiger partial charge in [0.2, 0.25) is 0 Å². The molecule has 0 aliphatic carbocycles. The van der Waals surface area contributed by atoms with Crippen LogP contribution < -0.4 is 0 Å². The number of ether oxygens (including phenoxy) is 1. The maximum absolute atomic E-state index is 10.4. The molecule has 0 fully saturated rings. The van der Waals surface area contributed by atoms with Gasteiger partial charge >= 0.3 is 17.9 Å². The van der Waals surface area contributed by atoms with Crippen LogP contribution in [0.1, 0.15) is 33.6 Å². The molecule has 0 saturated carbocycles. The van der Waals surface area contributed by atoms with Crippen molar-refractivity contribution in [2.24, 2.45) is 0 Å². The van der Waals surface area contributed by atoms with E-state index < -0.39 is 17.9 Å². The smallest absolute Gasteiger partial charge is 0.330 e. The van der Waals surface area contributed by atoms with Crippen LogP contribution in [0.5, 0.6) is 0 Å². The van der Waals surface area contributed by atoms with Gasteiger partial charge in [0.1, 0.15) is 0 Å². The zero-order valence-electron chi connectivity index (χ0n) is 11.5. The van der Waals surface area contributed by atoms with Crippen molar-refractivity contribution in [3.63, 3.8) is 0 Å². The Bertz CT molecular complexity index is 270. The van der Waals surface area contributed by atoms with Crippen molar-refractivity contribution in [2.75, 3.05) is 13.2 Å². The quantitative estimate of drug-likeness (QED) is 0.389. The third-order valence-corrected chi connectivity index (χ3v) is 1.18. The summed E-state index contributed by atoms with van der Waals surface area (Å²) in [7, 11) is 0. The second-order valence-corrected chi connectivity index (χ2v) is 3.25. The van der Waals surface area contributed by atoms with Crippen molar-refractivity contribution in [1.29, 1.82) is 0 Å². The first kappa shape index (κ1) is 22.5. The molecule has 0 aliphatic rings. The summed E-state index contributed by atoms with van der Waals surface area (Å²) >= 11 is 0. The van der Waals surface area contributed by atoms with E-state index in [1.807, 2.05) is 6.92 Å². The molecule has 7 nitrogen and oxygen atoms in total. The molecule has 0 aromatic heterocycles. The third-order valence-electron chi connectivity index (χ3n) is 1.18. The number of esters is 2. The molecule has 0 aliphatic heterocycles. The van der Waals surface area contributed by atoms with Crippen molar-refractivity contribution < 1.29 is 34.4 Å². The van der Waals surface area contributed by atoms with Crippen LogP contribution in [0.4, 0.5) is 0 Å². The fraction of sp³-hybridized carbons (Fsp3) is 0.583. The fourth-order valence-corrected chi connectivity index (χ4v) is 0.415. The van der Waals surface area contributed by atoms with Gasteiger partial charge in [0.15, 0.2) is 0 Å². The number of aliphatic hydroxyl groups is 2. The van der Waals surface area contributed by atoms with Gasteiger partial charge in [-0.15, -0.1) is 0 Å². The molecule has 0 unspecified atom stereocenters. The summed E-state index contributed by atoms with van der Waals surface area (Å²) < 4.78 is 4.21. The lowest BCUT2D eigenvalue weighted by molar-refractivity contribution is -0.158. The largest absolute Gasteiger partial charge is 0.478 e. The molecule has 0 amide bonds. The van der Waals surface area contributed by atoms with Gasteiger partial charge in [-0.2, -0.15) is 0 Å². The van der Waals surface area contributed by atoms with Crippen LogP contribution in [0.25, 0.3) is 0 Å². The summed E-state index contributed by atoms with van der Waals surface area (Å²) in [6.45, 7) is 7.42. The predicted octanol–water partition coefficient (Wildman–Crippen LogP) is 0.494. The molecule has 0 aromatic carbocycles. The van der Waals surface area contributed by atoms with Crippen LogP contribution in [0.2, 0.25) is 0 Å². The summed E-state index contributed by atoms with van der Waals surface area (Å²) in [6, 6.07) is 0. The second kappa shape index (κ2) is 16.3. The van der Waals surface area contributed by atoms with E-state index in [2.05, 4.69) is 11.3 Å². The van der Waals surface area contributed by atoms with E-state index >= 15 is 0 Å². The van der Waals surface area contributed by atoms with E-state index in [0.29, 0.717) is 12.8 Å². The third kappa shape index (κ3) is 31.4. The van der Waals surface area contributed by atoms with E-state index in [9.17, 15) is 14.4 Å². The Morgan fingerprint density at radius 3 is 1.63 bits per heavy atom. The zero-order chi connectivity index (χ0) is 15.8. The number of carbonyl (C=O) groups excluding carboxylic acids is 2. The molecule has 0 spiro atoms. The molecule has 0 rings (SSSR count). The van der Waals surface area contributed by atoms with E-state index in [4.69, 9.17) is 15.3 Å². The Kier molecular flexibility index (Phi) is 19.2. The van der Waals surface area contributed by atoms with Crippen molar-refractivity contribution in [3.8, 4) is 0 Å². The molecule has 0 heterocycles. The summed E-state index contributed by atoms with van der Waals surface area (Å²) in [4.78, 5) is 30.1. The van der Waals surface area contributed by atoms with Gasteiger partial charge in [-0.05, 0) is 13.3 Å². The highest BCUT2D eigenvalue weighted by atomic mass is 16.6. The number of aliphatic carboxylic acids is 1. The normalized spacial score (nSPS) is 8.05. The number of carbonyl (C=O) groups is 3. The molecular weight excluding hydrogens is 256 g/mol. The first-order valence-corrected chi connectivity index (χ1v) is 5.54. The Labute approximate surface area is 112 Å². The van der Waals surface area contributed by atoms with Crippen molar-refractivity contribution in [2.45, 2.75) is 33.6 Å². The van der Waals surface area contributed by atoms with E-state index in [0.717, 1.165) is 0 Å². The number of aliphatic hydroxyl groups excluding tert-OH is 2. The van der Waals surface area contributed by atoms with Crippen LogP contribution in [0.15, 0.2) is 12.2 Å². The van der Waals surface area contributed by atoms with E-state index in [1.165, 1.54) is 13.8 Å². The van der Waals surface area contributed by atoms with Gasteiger partial charge < -0.3 is 20.1 Å². The molecule has 112 valence electrons. The fourth-order valence-electron chi connectivity index (χ4n) is 0.415. The van der Waals surface area contributed by atoms with Gasteiger partial charge in [0.05, 0.1) is 13.2 Å². The minimum absolute atomic E-state index is 0.125. The molecular formula is C12H22O7. The Balaban J connectivity index is -0.000000222. The lowest BCUT2D eigenvalue weighted by atomic mass is 10.3. The first-order valence-electron chi connectivity index (χ1n) is 5.54. The minimum atomic E-state index is -0.935. The molecule has 3 N–H and O–H groups in total. The number of carboxylic acid groups (broad SMARTS) is 1. The molecule has 0 radical (unpaired) electrons. The lowest BCUT2D eigenvalue weighted by Gasteiger charge is -1.94. The average molecular weight is 278 g/mol. The summed E-state index contributed by atoms with van der Waals surface area (Å²) in [6.07, 6.45) is 1.03. The minimum Gasteiger partial charge on any atom is -0.478 e. The highest BCUT2D eigenvalue weighted by molar-refractivity contribution is 5.85. The first-order chi connectivity index (χ1) is 8.72. The highest BCUT2D eigenvalue weighted by Crippen LogP contribution is 1.90. The Morgan fingerprint density at radius 1 is 1.11 bits per heavy atom. The number of carboxylic acids is 1. The van der Waals surface area contributed by atoms with Gasteiger partial charge in [-0.3, -0.25) is 9.59 Å². The average Bonchev–Trinajstić information content (AvgIpc) is 2.29. The van der Waals surface area contributed by atoms with Gasteiger partial charge in [-0.1, -0.05) is 13.5 Å². The van der Waals surface area contributed by atoms with E-state index in [1.54, 1.807) is 0 Å². The Morgan fingerprint density at radius 2 is 1.47 bits per heavy atom. The molecule has 19 heavy (non-hydrogen) atoms. The highest BCUT2D eigenvalue weighted by Gasteiger charge is 2.02. The number of hydrogen-bond acceptors (Lipinski definition) is 6. The molecule has 0 aromatic rings. The second-order valence-electron chi connectivity index (χ2n) is 3.25. The van der Waals surface area contributed by atoms with Crippen molar-refractivity contribution in [3.05, 3.63) is 12.2 Å². The topological polar surface area (TPSA) is 121 Å². The number of hydrogen-bond donors (Lipinski definition) is 3. The lowest BCUT2D eigenvalue weighted by Crippen LogP contribution is -2.07.